The van der Waals surface area contributed by atoms with Crippen molar-refractivity contribution >= 4 is 5.91 Å². The van der Waals surface area contributed by atoms with Crippen molar-refractivity contribution < 1.29 is 18.7 Å². The molecule has 0 aliphatic heterocycles. The monoisotopic (exact) mass is 367 g/mol. The van der Waals surface area contributed by atoms with E-state index >= 15 is 0 Å². The summed E-state index contributed by atoms with van der Waals surface area (Å²) in [5.41, 5.74) is 2.06. The molecule has 0 saturated heterocycles. The minimum Gasteiger partial charge on any atom is -0.493 e. The molecule has 1 aromatic heterocycles. The lowest BCUT2D eigenvalue weighted by Gasteiger charge is -2.10. The number of carbonyl (C=O) groups is 1. The van der Waals surface area contributed by atoms with Gasteiger partial charge in [0.2, 0.25) is 0 Å². The molecule has 0 fully saturated rings. The van der Waals surface area contributed by atoms with Gasteiger partial charge in [-0.3, -0.25) is 4.79 Å². The van der Waals surface area contributed by atoms with Crippen LogP contribution in [0.25, 0.3) is 11.3 Å². The lowest BCUT2D eigenvalue weighted by atomic mass is 10.1. The molecule has 0 aliphatic carbocycles. The molecule has 27 heavy (non-hydrogen) atoms. The van der Waals surface area contributed by atoms with Gasteiger partial charge in [0.05, 0.1) is 25.0 Å². The quantitative estimate of drug-likeness (QED) is 0.695. The Balaban J connectivity index is 1.56. The number of hydrogen-bond donors (Lipinski definition) is 1. The molecule has 1 N–H and O–H groups in total. The fourth-order valence-corrected chi connectivity index (χ4v) is 2.39. The molecular weight excluding hydrogens is 349 g/mol. The third-order valence-electron chi connectivity index (χ3n) is 3.76. The zero-order valence-corrected chi connectivity index (χ0v) is 14.7. The van der Waals surface area contributed by atoms with Crippen molar-refractivity contribution in [3.8, 4) is 22.8 Å². The third-order valence-corrected chi connectivity index (χ3v) is 3.76. The molecule has 3 aromatic rings. The second-order valence-corrected chi connectivity index (χ2v) is 5.62. The second-order valence-electron chi connectivity index (χ2n) is 5.62. The van der Waals surface area contributed by atoms with E-state index in [1.54, 1.807) is 36.4 Å². The number of rotatable bonds is 7. The van der Waals surface area contributed by atoms with Gasteiger partial charge in [0.15, 0.2) is 18.1 Å². The van der Waals surface area contributed by atoms with E-state index in [0.29, 0.717) is 22.9 Å². The summed E-state index contributed by atoms with van der Waals surface area (Å²) < 4.78 is 23.7. The predicted molar refractivity (Wildman–Crippen MR) is 97.8 cm³/mol. The first-order valence-corrected chi connectivity index (χ1v) is 8.25. The molecule has 0 radical (unpaired) electrons. The lowest BCUT2D eigenvalue weighted by Crippen LogP contribution is -2.28. The maximum absolute atomic E-state index is 13.0. The van der Waals surface area contributed by atoms with Crippen molar-refractivity contribution in [1.82, 2.24) is 15.3 Å². The molecule has 2 aromatic carbocycles. The Kier molecular flexibility index (Phi) is 5.94. The van der Waals surface area contributed by atoms with Gasteiger partial charge in [-0.25, -0.2) is 14.4 Å². The number of aromatic nitrogens is 2. The van der Waals surface area contributed by atoms with E-state index in [4.69, 9.17) is 9.47 Å². The van der Waals surface area contributed by atoms with Crippen LogP contribution < -0.4 is 14.8 Å². The number of carbonyl (C=O) groups excluding carboxylic acids is 1. The van der Waals surface area contributed by atoms with E-state index < -0.39 is 0 Å². The van der Waals surface area contributed by atoms with E-state index in [0.717, 1.165) is 5.56 Å². The maximum Gasteiger partial charge on any atom is 0.258 e. The summed E-state index contributed by atoms with van der Waals surface area (Å²) in [6, 6.07) is 14.9. The van der Waals surface area contributed by atoms with Crippen LogP contribution in [-0.4, -0.2) is 29.6 Å². The van der Waals surface area contributed by atoms with Gasteiger partial charge in [-0.05, 0) is 42.5 Å². The molecule has 0 spiro atoms. The Bertz CT molecular complexity index is 916. The van der Waals surface area contributed by atoms with Gasteiger partial charge in [-0.2, -0.15) is 0 Å². The van der Waals surface area contributed by atoms with Crippen LogP contribution in [0.15, 0.2) is 60.9 Å². The third kappa shape index (κ3) is 5.01. The highest BCUT2D eigenvalue weighted by atomic mass is 19.1. The van der Waals surface area contributed by atoms with Crippen LogP contribution in [0.4, 0.5) is 4.39 Å². The minimum atomic E-state index is -0.310. The van der Waals surface area contributed by atoms with Crippen LogP contribution in [0.1, 0.15) is 5.69 Å². The van der Waals surface area contributed by atoms with Crippen molar-refractivity contribution in [3.63, 3.8) is 0 Å². The number of amides is 1. The highest BCUT2D eigenvalue weighted by molar-refractivity contribution is 5.77. The highest BCUT2D eigenvalue weighted by Gasteiger charge is 2.08. The number of methoxy groups -OCH3 is 1. The van der Waals surface area contributed by atoms with Crippen LogP contribution in [-0.2, 0) is 11.3 Å². The van der Waals surface area contributed by atoms with Gasteiger partial charge in [-0.1, -0.05) is 12.1 Å². The van der Waals surface area contributed by atoms with Crippen molar-refractivity contribution in [1.29, 1.82) is 0 Å². The Morgan fingerprint density at radius 1 is 1.07 bits per heavy atom. The molecule has 1 heterocycles. The summed E-state index contributed by atoms with van der Waals surface area (Å²) in [5, 5.41) is 2.74. The molecule has 0 aliphatic rings. The molecule has 0 saturated carbocycles. The Morgan fingerprint density at radius 3 is 2.56 bits per heavy atom. The van der Waals surface area contributed by atoms with E-state index in [-0.39, 0.29) is 24.9 Å². The summed E-state index contributed by atoms with van der Waals surface area (Å²) >= 11 is 0. The van der Waals surface area contributed by atoms with E-state index in [2.05, 4.69) is 15.3 Å². The Hall–Kier alpha value is -3.48. The average Bonchev–Trinajstić information content (AvgIpc) is 2.71. The number of para-hydroxylation sites is 2. The van der Waals surface area contributed by atoms with Gasteiger partial charge in [0, 0.05) is 5.56 Å². The number of nitrogens with zero attached hydrogens (tertiary/aromatic N) is 2. The normalized spacial score (nSPS) is 10.3. The van der Waals surface area contributed by atoms with E-state index in [9.17, 15) is 9.18 Å². The first-order valence-electron chi connectivity index (χ1n) is 8.25. The highest BCUT2D eigenvalue weighted by Crippen LogP contribution is 2.25. The predicted octanol–water partition coefficient (Wildman–Crippen LogP) is 2.99. The van der Waals surface area contributed by atoms with Crippen molar-refractivity contribution in [3.05, 3.63) is 72.4 Å². The number of benzene rings is 2. The van der Waals surface area contributed by atoms with Crippen LogP contribution in [0.5, 0.6) is 11.5 Å². The molecule has 138 valence electrons. The number of nitrogens with one attached hydrogen (secondary N) is 1. The van der Waals surface area contributed by atoms with Crippen LogP contribution in [0.3, 0.4) is 0 Å². The summed E-state index contributed by atoms with van der Waals surface area (Å²) in [4.78, 5) is 20.3. The van der Waals surface area contributed by atoms with Gasteiger partial charge < -0.3 is 14.8 Å². The first kappa shape index (κ1) is 18.3. The number of hydrogen-bond acceptors (Lipinski definition) is 5. The van der Waals surface area contributed by atoms with Gasteiger partial charge in [-0.15, -0.1) is 0 Å². The van der Waals surface area contributed by atoms with Crippen LogP contribution in [0.2, 0.25) is 0 Å². The van der Waals surface area contributed by atoms with Crippen molar-refractivity contribution in [2.24, 2.45) is 0 Å². The van der Waals surface area contributed by atoms with E-state index in [1.807, 2.05) is 6.07 Å². The number of halogens is 1. The molecular formula is C20H18FN3O3. The van der Waals surface area contributed by atoms with Gasteiger partial charge >= 0.3 is 0 Å². The summed E-state index contributed by atoms with van der Waals surface area (Å²) in [5.74, 6) is 0.457. The molecule has 7 heteroatoms. The van der Waals surface area contributed by atoms with Crippen LogP contribution >= 0.6 is 0 Å². The number of ether oxygens (including phenoxy) is 2. The molecule has 1 amide bonds. The van der Waals surface area contributed by atoms with E-state index in [1.165, 1.54) is 25.6 Å². The molecule has 0 atom stereocenters. The topological polar surface area (TPSA) is 73.3 Å². The Labute approximate surface area is 156 Å². The standard InChI is InChI=1S/C20H18FN3O3/c1-26-18-4-2-3-5-19(18)27-12-20(25)22-11-16-10-17(24-13-23-16)14-6-8-15(21)9-7-14/h2-10,13H,11-12H2,1H3,(H,22,25). The second kappa shape index (κ2) is 8.75. The van der Waals surface area contributed by atoms with Gasteiger partial charge in [0.25, 0.3) is 5.91 Å². The first-order chi connectivity index (χ1) is 13.2. The Morgan fingerprint density at radius 2 is 1.81 bits per heavy atom. The SMILES string of the molecule is COc1ccccc1OCC(=O)NCc1cc(-c2ccc(F)cc2)ncn1. The smallest absolute Gasteiger partial charge is 0.258 e. The maximum atomic E-state index is 13.0. The largest absolute Gasteiger partial charge is 0.493 e. The van der Waals surface area contributed by atoms with Crippen molar-refractivity contribution in [2.45, 2.75) is 6.54 Å². The summed E-state index contributed by atoms with van der Waals surface area (Å²) in [7, 11) is 1.54. The molecule has 0 bridgehead atoms. The van der Waals surface area contributed by atoms with Crippen molar-refractivity contribution in [2.75, 3.05) is 13.7 Å². The fraction of sp³-hybridized carbons (Fsp3) is 0.150. The lowest BCUT2D eigenvalue weighted by molar-refractivity contribution is -0.123. The molecule has 3 rings (SSSR count). The average molecular weight is 367 g/mol. The summed E-state index contributed by atoms with van der Waals surface area (Å²) in [6.45, 7) is 0.0844. The van der Waals surface area contributed by atoms with Gasteiger partial charge in [0.1, 0.15) is 12.1 Å². The van der Waals surface area contributed by atoms with Crippen LogP contribution in [0, 0.1) is 5.82 Å². The fourth-order valence-electron chi connectivity index (χ4n) is 2.39. The molecule has 0 unspecified atom stereocenters. The zero-order valence-electron chi connectivity index (χ0n) is 14.7. The zero-order chi connectivity index (χ0) is 19.1. The molecule has 6 nitrogen and oxygen atoms in total. The summed E-state index contributed by atoms with van der Waals surface area (Å²) in [6.07, 6.45) is 1.41. The minimum absolute atomic E-state index is 0.143.